The highest BCUT2D eigenvalue weighted by Crippen LogP contribution is 2.37. The third-order valence-corrected chi connectivity index (χ3v) is 4.90. The molecule has 1 saturated heterocycles. The largest absolute Gasteiger partial charge is 0.536 e. The van der Waals surface area contributed by atoms with Gasteiger partial charge in [-0.1, -0.05) is 6.07 Å². The SMILES string of the molecule is NC(=O)[C@@H](N)CCC(=O)N1CC(Oc2ccc3c(c2CO)OB(O)CC3)C1. The summed E-state index contributed by atoms with van der Waals surface area (Å²) in [7, 11) is -0.887. The number of amides is 2. The molecule has 0 spiro atoms. The number of carbonyl (C=O) groups is 2. The zero-order valence-corrected chi connectivity index (χ0v) is 15.0. The number of aliphatic hydroxyl groups is 1. The number of primary amides is 1. The molecule has 6 N–H and O–H groups in total. The summed E-state index contributed by atoms with van der Waals surface area (Å²) in [5, 5.41) is 19.4. The Morgan fingerprint density at radius 3 is 2.81 bits per heavy atom. The molecule has 27 heavy (non-hydrogen) atoms. The van der Waals surface area contributed by atoms with E-state index in [0.717, 1.165) is 5.56 Å². The van der Waals surface area contributed by atoms with E-state index >= 15 is 0 Å². The molecular weight excluding hydrogens is 353 g/mol. The highest BCUT2D eigenvalue weighted by atomic mass is 16.5. The van der Waals surface area contributed by atoms with Gasteiger partial charge in [0.15, 0.2) is 0 Å². The van der Waals surface area contributed by atoms with Crippen LogP contribution >= 0.6 is 0 Å². The van der Waals surface area contributed by atoms with Crippen LogP contribution < -0.4 is 20.9 Å². The fraction of sp³-hybridized carbons (Fsp3) is 0.529. The maximum atomic E-state index is 12.1. The Hall–Kier alpha value is -2.30. The van der Waals surface area contributed by atoms with Crippen molar-refractivity contribution in [2.24, 2.45) is 11.5 Å². The molecule has 1 atom stereocenters. The molecule has 2 amide bonds. The van der Waals surface area contributed by atoms with Crippen LogP contribution in [0.15, 0.2) is 12.1 Å². The predicted molar refractivity (Wildman–Crippen MR) is 96.9 cm³/mol. The van der Waals surface area contributed by atoms with Gasteiger partial charge in [0.05, 0.1) is 31.3 Å². The summed E-state index contributed by atoms with van der Waals surface area (Å²) in [6.07, 6.45) is 1.36. The molecule has 2 heterocycles. The number of aryl methyl sites for hydroxylation is 1. The van der Waals surface area contributed by atoms with Gasteiger partial charge in [-0.2, -0.15) is 0 Å². The summed E-state index contributed by atoms with van der Waals surface area (Å²) in [4.78, 5) is 24.6. The van der Waals surface area contributed by atoms with Crippen LogP contribution in [0.1, 0.15) is 24.0 Å². The van der Waals surface area contributed by atoms with Crippen molar-refractivity contribution in [2.45, 2.75) is 44.3 Å². The van der Waals surface area contributed by atoms with Crippen LogP contribution in [0, 0.1) is 0 Å². The Balaban J connectivity index is 1.55. The van der Waals surface area contributed by atoms with Crippen molar-refractivity contribution in [1.29, 1.82) is 0 Å². The van der Waals surface area contributed by atoms with Crippen LogP contribution in [0.25, 0.3) is 0 Å². The highest BCUT2D eigenvalue weighted by molar-refractivity contribution is 6.44. The first-order valence-electron chi connectivity index (χ1n) is 8.98. The van der Waals surface area contributed by atoms with E-state index in [4.69, 9.17) is 20.9 Å². The van der Waals surface area contributed by atoms with Gasteiger partial charge in [0.2, 0.25) is 11.8 Å². The fourth-order valence-electron chi connectivity index (χ4n) is 3.21. The van der Waals surface area contributed by atoms with Crippen molar-refractivity contribution in [3.8, 4) is 11.5 Å². The molecule has 146 valence electrons. The average molecular weight is 377 g/mol. The molecule has 0 aliphatic carbocycles. The molecule has 0 bridgehead atoms. The number of hydrogen-bond donors (Lipinski definition) is 4. The normalized spacial score (nSPS) is 17.6. The molecule has 9 nitrogen and oxygen atoms in total. The van der Waals surface area contributed by atoms with E-state index in [0.29, 0.717) is 42.9 Å². The minimum atomic E-state index is -0.887. The number of rotatable bonds is 7. The monoisotopic (exact) mass is 377 g/mol. The molecule has 0 saturated carbocycles. The molecule has 1 fully saturated rings. The van der Waals surface area contributed by atoms with E-state index in [-0.39, 0.29) is 31.5 Å². The van der Waals surface area contributed by atoms with Gasteiger partial charge in [0.1, 0.15) is 17.6 Å². The van der Waals surface area contributed by atoms with Gasteiger partial charge < -0.3 is 35.9 Å². The zero-order chi connectivity index (χ0) is 19.6. The lowest BCUT2D eigenvalue weighted by molar-refractivity contribution is -0.140. The van der Waals surface area contributed by atoms with Gasteiger partial charge in [0.25, 0.3) is 0 Å². The van der Waals surface area contributed by atoms with E-state index in [1.165, 1.54) is 0 Å². The number of nitrogens with two attached hydrogens (primary N) is 2. The first kappa shape index (κ1) is 19.5. The minimum absolute atomic E-state index is 0.106. The number of aliphatic hydroxyl groups excluding tert-OH is 1. The van der Waals surface area contributed by atoms with Gasteiger partial charge in [-0.3, -0.25) is 9.59 Å². The van der Waals surface area contributed by atoms with Gasteiger partial charge in [0, 0.05) is 6.42 Å². The first-order chi connectivity index (χ1) is 12.9. The van der Waals surface area contributed by atoms with Crippen LogP contribution in [0.3, 0.4) is 0 Å². The third kappa shape index (κ3) is 4.34. The number of nitrogens with zero attached hydrogens (tertiary/aromatic N) is 1. The molecule has 2 aliphatic heterocycles. The molecule has 3 rings (SSSR count). The zero-order valence-electron chi connectivity index (χ0n) is 15.0. The summed E-state index contributed by atoms with van der Waals surface area (Å²) in [5.41, 5.74) is 12.0. The van der Waals surface area contributed by atoms with Crippen molar-refractivity contribution in [2.75, 3.05) is 13.1 Å². The van der Waals surface area contributed by atoms with Gasteiger partial charge in [-0.05, 0) is 30.8 Å². The Bertz CT molecular complexity index is 725. The molecule has 0 unspecified atom stereocenters. The van der Waals surface area contributed by atoms with Gasteiger partial charge >= 0.3 is 7.12 Å². The van der Waals surface area contributed by atoms with E-state index in [9.17, 15) is 19.7 Å². The highest BCUT2D eigenvalue weighted by Gasteiger charge is 2.34. The molecule has 10 heteroatoms. The molecule has 1 aromatic rings. The summed E-state index contributed by atoms with van der Waals surface area (Å²) in [6.45, 7) is 0.553. The second-order valence-corrected chi connectivity index (χ2v) is 6.89. The van der Waals surface area contributed by atoms with Crippen LogP contribution in [0.4, 0.5) is 0 Å². The second-order valence-electron chi connectivity index (χ2n) is 6.89. The van der Waals surface area contributed by atoms with Crippen LogP contribution in [-0.4, -0.2) is 59.2 Å². The number of hydrogen-bond acceptors (Lipinski definition) is 7. The number of benzene rings is 1. The molecule has 2 aliphatic rings. The van der Waals surface area contributed by atoms with Crippen molar-refractivity contribution >= 4 is 18.9 Å². The topological polar surface area (TPSA) is 148 Å². The summed E-state index contributed by atoms with van der Waals surface area (Å²) in [6, 6.07) is 2.82. The number of fused-ring (bicyclic) bond motifs is 1. The van der Waals surface area contributed by atoms with E-state index in [1.807, 2.05) is 6.07 Å². The summed E-state index contributed by atoms with van der Waals surface area (Å²) in [5.74, 6) is 0.231. The van der Waals surface area contributed by atoms with Gasteiger partial charge in [-0.25, -0.2) is 0 Å². The van der Waals surface area contributed by atoms with Crippen LogP contribution in [-0.2, 0) is 22.6 Å². The molecular formula is C17H24BN3O6. The predicted octanol–water partition coefficient (Wildman–Crippen LogP) is -1.22. The Kier molecular flexibility index (Phi) is 5.88. The standard InChI is InChI=1S/C17H24BN3O6/c19-13(17(20)24)2-4-15(23)21-7-11(8-21)26-14-3-1-10-5-6-18(25)27-16(10)12(14)9-22/h1,3,11,13,22,25H,2,4-9,19H2,(H2,20,24)/t13-/m0/s1. The summed E-state index contributed by atoms with van der Waals surface area (Å²) >= 11 is 0. The molecule has 0 aromatic heterocycles. The lowest BCUT2D eigenvalue weighted by atomic mass is 9.78. The Morgan fingerprint density at radius 2 is 2.15 bits per heavy atom. The third-order valence-electron chi connectivity index (χ3n) is 4.90. The van der Waals surface area contributed by atoms with E-state index < -0.39 is 19.1 Å². The van der Waals surface area contributed by atoms with E-state index in [2.05, 4.69) is 0 Å². The quantitative estimate of drug-likeness (QED) is 0.435. The van der Waals surface area contributed by atoms with Crippen molar-refractivity contribution in [3.63, 3.8) is 0 Å². The maximum Gasteiger partial charge on any atom is 0.522 e. The molecule has 0 radical (unpaired) electrons. The minimum Gasteiger partial charge on any atom is -0.536 e. The smallest absolute Gasteiger partial charge is 0.522 e. The Labute approximate surface area is 157 Å². The number of ether oxygens (including phenoxy) is 1. The summed E-state index contributed by atoms with van der Waals surface area (Å²) < 4.78 is 11.4. The van der Waals surface area contributed by atoms with Gasteiger partial charge in [-0.15, -0.1) is 0 Å². The fourth-order valence-corrected chi connectivity index (χ4v) is 3.21. The average Bonchev–Trinajstić information content (AvgIpc) is 2.61. The number of carbonyl (C=O) groups excluding carboxylic acids is 2. The van der Waals surface area contributed by atoms with E-state index in [1.54, 1.807) is 11.0 Å². The number of likely N-dealkylation sites (tertiary alicyclic amines) is 1. The van der Waals surface area contributed by atoms with Crippen molar-refractivity contribution in [1.82, 2.24) is 4.90 Å². The second kappa shape index (κ2) is 8.16. The van der Waals surface area contributed by atoms with Crippen LogP contribution in [0.2, 0.25) is 6.32 Å². The Morgan fingerprint density at radius 1 is 1.41 bits per heavy atom. The van der Waals surface area contributed by atoms with Crippen molar-refractivity contribution in [3.05, 3.63) is 23.3 Å². The van der Waals surface area contributed by atoms with Crippen molar-refractivity contribution < 1.29 is 29.1 Å². The lowest BCUT2D eigenvalue weighted by Crippen LogP contribution is -2.56. The first-order valence-corrected chi connectivity index (χ1v) is 8.98. The maximum absolute atomic E-state index is 12.1. The lowest BCUT2D eigenvalue weighted by Gasteiger charge is -2.39. The van der Waals surface area contributed by atoms with Crippen LogP contribution in [0.5, 0.6) is 11.5 Å². The molecule has 1 aromatic carbocycles.